The first-order valence-corrected chi connectivity index (χ1v) is 10.5. The highest BCUT2D eigenvalue weighted by atomic mass is 35.5. The van der Waals surface area contributed by atoms with Crippen molar-refractivity contribution in [1.82, 2.24) is 4.57 Å². The number of rotatable bonds is 8. The molecule has 0 aliphatic rings. The predicted molar refractivity (Wildman–Crippen MR) is 118 cm³/mol. The fraction of sp³-hybridized carbons (Fsp3) is 0.478. The third-order valence-electron chi connectivity index (χ3n) is 5.36. The SMILES string of the molecule is CCCCCCn1c(C)c(Cl)c(=O)c(C(=O)Nc2c(C)cccc2CC)c1C. The summed E-state index contributed by atoms with van der Waals surface area (Å²) in [6.07, 6.45) is 5.24. The minimum Gasteiger partial charge on any atom is -0.347 e. The van der Waals surface area contributed by atoms with Crippen molar-refractivity contribution in [1.29, 1.82) is 0 Å². The van der Waals surface area contributed by atoms with Crippen molar-refractivity contribution in [2.75, 3.05) is 5.32 Å². The van der Waals surface area contributed by atoms with Gasteiger partial charge in [0.2, 0.25) is 5.43 Å². The van der Waals surface area contributed by atoms with E-state index in [1.54, 1.807) is 0 Å². The zero-order valence-corrected chi connectivity index (χ0v) is 18.4. The zero-order valence-electron chi connectivity index (χ0n) is 17.6. The van der Waals surface area contributed by atoms with Crippen LogP contribution in [0.4, 0.5) is 5.69 Å². The van der Waals surface area contributed by atoms with Gasteiger partial charge < -0.3 is 9.88 Å². The lowest BCUT2D eigenvalue weighted by atomic mass is 10.0. The van der Waals surface area contributed by atoms with E-state index in [1.807, 2.05) is 50.5 Å². The number of anilines is 1. The van der Waals surface area contributed by atoms with Gasteiger partial charge in [-0.05, 0) is 44.7 Å². The number of amides is 1. The molecule has 0 saturated carbocycles. The van der Waals surface area contributed by atoms with Gasteiger partial charge in [-0.25, -0.2) is 0 Å². The molecule has 152 valence electrons. The summed E-state index contributed by atoms with van der Waals surface area (Å²) in [4.78, 5) is 25.9. The first-order valence-electron chi connectivity index (χ1n) is 10.1. The molecule has 2 aromatic rings. The Morgan fingerprint density at radius 3 is 2.43 bits per heavy atom. The van der Waals surface area contributed by atoms with Crippen LogP contribution >= 0.6 is 11.6 Å². The maximum absolute atomic E-state index is 13.1. The Bertz CT molecular complexity index is 916. The van der Waals surface area contributed by atoms with E-state index in [4.69, 9.17) is 11.6 Å². The second-order valence-corrected chi connectivity index (χ2v) is 7.70. The molecule has 0 aliphatic heterocycles. The Morgan fingerprint density at radius 2 is 1.79 bits per heavy atom. The Labute approximate surface area is 172 Å². The van der Waals surface area contributed by atoms with Crippen LogP contribution in [0.2, 0.25) is 5.02 Å². The van der Waals surface area contributed by atoms with Crippen molar-refractivity contribution in [2.45, 2.75) is 73.3 Å². The smallest absolute Gasteiger partial charge is 0.261 e. The molecule has 2 rings (SSSR count). The third-order valence-corrected chi connectivity index (χ3v) is 5.80. The minimum atomic E-state index is -0.398. The number of nitrogens with zero attached hydrogens (tertiary/aromatic N) is 1. The number of pyridine rings is 1. The van der Waals surface area contributed by atoms with Crippen LogP contribution in [0.25, 0.3) is 0 Å². The number of nitrogens with one attached hydrogen (secondary N) is 1. The fourth-order valence-electron chi connectivity index (χ4n) is 3.62. The average Bonchev–Trinajstić information content (AvgIpc) is 2.67. The third kappa shape index (κ3) is 4.67. The molecule has 1 amide bonds. The van der Waals surface area contributed by atoms with Gasteiger partial charge >= 0.3 is 0 Å². The van der Waals surface area contributed by atoms with Crippen LogP contribution in [0.3, 0.4) is 0 Å². The van der Waals surface area contributed by atoms with E-state index in [-0.39, 0.29) is 10.6 Å². The van der Waals surface area contributed by atoms with E-state index < -0.39 is 11.3 Å². The van der Waals surface area contributed by atoms with Gasteiger partial charge in [-0.3, -0.25) is 9.59 Å². The first kappa shape index (κ1) is 22.2. The molecule has 1 aromatic heterocycles. The standard InChI is InChI=1S/C23H31ClN2O2/c1-6-8-9-10-14-26-16(4)19(22(27)20(24)17(26)5)23(28)25-21-15(3)12-11-13-18(21)7-2/h11-13H,6-10,14H2,1-5H3,(H,25,28). The molecule has 0 spiro atoms. The molecule has 1 aromatic carbocycles. The molecule has 1 N–H and O–H groups in total. The Balaban J connectivity index is 2.43. The number of carbonyl (C=O) groups excluding carboxylic acids is 1. The van der Waals surface area contributed by atoms with Crippen molar-refractivity contribution in [2.24, 2.45) is 0 Å². The fourth-order valence-corrected chi connectivity index (χ4v) is 3.82. The van der Waals surface area contributed by atoms with E-state index in [9.17, 15) is 9.59 Å². The summed E-state index contributed by atoms with van der Waals surface area (Å²) in [6, 6.07) is 5.92. The molecule has 0 fully saturated rings. The second kappa shape index (κ2) is 9.92. The van der Waals surface area contributed by atoms with E-state index in [0.717, 1.165) is 54.7 Å². The molecule has 0 bridgehead atoms. The van der Waals surface area contributed by atoms with Crippen LogP contribution in [0.5, 0.6) is 0 Å². The van der Waals surface area contributed by atoms with Crippen molar-refractivity contribution >= 4 is 23.2 Å². The molecule has 0 radical (unpaired) electrons. The van der Waals surface area contributed by atoms with Crippen molar-refractivity contribution in [3.63, 3.8) is 0 Å². The summed E-state index contributed by atoms with van der Waals surface area (Å²) in [5.41, 5.74) is 3.93. The summed E-state index contributed by atoms with van der Waals surface area (Å²) in [6.45, 7) is 10.6. The number of hydrogen-bond donors (Lipinski definition) is 1. The van der Waals surface area contributed by atoms with Gasteiger partial charge in [0.15, 0.2) is 0 Å². The van der Waals surface area contributed by atoms with Crippen molar-refractivity contribution in [3.05, 3.63) is 61.5 Å². The van der Waals surface area contributed by atoms with Crippen LogP contribution in [-0.4, -0.2) is 10.5 Å². The number of hydrogen-bond acceptors (Lipinski definition) is 2. The van der Waals surface area contributed by atoms with Crippen molar-refractivity contribution in [3.8, 4) is 0 Å². The molecule has 0 aliphatic carbocycles. The summed E-state index contributed by atoms with van der Waals surface area (Å²) in [5.74, 6) is -0.393. The number of benzene rings is 1. The number of carbonyl (C=O) groups is 1. The predicted octanol–water partition coefficient (Wildman–Crippen LogP) is 5.82. The lowest BCUT2D eigenvalue weighted by molar-refractivity contribution is 0.102. The van der Waals surface area contributed by atoms with Crippen LogP contribution in [0.1, 0.15) is 72.4 Å². The highest BCUT2D eigenvalue weighted by molar-refractivity contribution is 6.31. The molecule has 0 atom stereocenters. The molecular formula is C23H31ClN2O2. The number of halogens is 1. The Hall–Kier alpha value is -2.07. The maximum atomic E-state index is 13.1. The van der Waals surface area contributed by atoms with Gasteiger partial charge in [0, 0.05) is 23.6 Å². The highest BCUT2D eigenvalue weighted by Crippen LogP contribution is 2.23. The van der Waals surface area contributed by atoms with E-state index in [2.05, 4.69) is 12.2 Å². The molecular weight excluding hydrogens is 372 g/mol. The zero-order chi connectivity index (χ0) is 20.8. The van der Waals surface area contributed by atoms with Crippen LogP contribution in [-0.2, 0) is 13.0 Å². The topological polar surface area (TPSA) is 51.1 Å². The van der Waals surface area contributed by atoms with Gasteiger partial charge in [0.05, 0.1) is 0 Å². The van der Waals surface area contributed by atoms with Gasteiger partial charge in [-0.2, -0.15) is 0 Å². The Morgan fingerprint density at radius 1 is 1.07 bits per heavy atom. The van der Waals surface area contributed by atoms with Crippen LogP contribution < -0.4 is 10.7 Å². The van der Waals surface area contributed by atoms with Gasteiger partial charge in [0.1, 0.15) is 10.6 Å². The van der Waals surface area contributed by atoms with E-state index in [0.29, 0.717) is 5.69 Å². The van der Waals surface area contributed by atoms with Crippen molar-refractivity contribution < 1.29 is 4.79 Å². The summed E-state index contributed by atoms with van der Waals surface area (Å²) >= 11 is 6.32. The summed E-state index contributed by atoms with van der Waals surface area (Å²) < 4.78 is 2.01. The number of aryl methyl sites for hydroxylation is 2. The highest BCUT2D eigenvalue weighted by Gasteiger charge is 2.22. The minimum absolute atomic E-state index is 0.131. The summed E-state index contributed by atoms with van der Waals surface area (Å²) in [7, 11) is 0. The molecule has 28 heavy (non-hydrogen) atoms. The lowest BCUT2D eigenvalue weighted by Crippen LogP contribution is -2.28. The Kier molecular flexibility index (Phi) is 7.88. The molecule has 1 heterocycles. The summed E-state index contributed by atoms with van der Waals surface area (Å²) in [5, 5.41) is 3.10. The molecule has 5 heteroatoms. The molecule has 0 saturated heterocycles. The molecule has 0 unspecified atom stereocenters. The largest absolute Gasteiger partial charge is 0.347 e. The van der Waals surface area contributed by atoms with Gasteiger partial charge in [-0.15, -0.1) is 0 Å². The number of para-hydroxylation sites is 1. The van der Waals surface area contributed by atoms with Gasteiger partial charge in [0.25, 0.3) is 5.91 Å². The monoisotopic (exact) mass is 402 g/mol. The number of aromatic nitrogens is 1. The number of unbranched alkanes of at least 4 members (excludes halogenated alkanes) is 3. The molecule has 4 nitrogen and oxygen atoms in total. The van der Waals surface area contributed by atoms with E-state index in [1.165, 1.54) is 6.42 Å². The second-order valence-electron chi connectivity index (χ2n) is 7.32. The normalized spacial score (nSPS) is 10.9. The van der Waals surface area contributed by atoms with Gasteiger partial charge in [-0.1, -0.05) is 62.9 Å². The first-order chi connectivity index (χ1) is 13.3. The van der Waals surface area contributed by atoms with E-state index >= 15 is 0 Å². The average molecular weight is 403 g/mol. The lowest BCUT2D eigenvalue weighted by Gasteiger charge is -2.20. The quantitative estimate of drug-likeness (QED) is 0.565. The van der Waals surface area contributed by atoms with Crippen LogP contribution in [0.15, 0.2) is 23.0 Å². The maximum Gasteiger partial charge on any atom is 0.261 e. The van der Waals surface area contributed by atoms with Crippen LogP contribution in [0, 0.1) is 20.8 Å².